The molecule has 0 amide bonds. The smallest absolute Gasteiger partial charge is 0.219 e. The summed E-state index contributed by atoms with van der Waals surface area (Å²) in [7, 11) is 3.18. The van der Waals surface area contributed by atoms with E-state index in [1.165, 1.54) is 4.90 Å². The molecule has 4 rings (SSSR count). The van der Waals surface area contributed by atoms with Gasteiger partial charge in [-0.15, -0.1) is 0 Å². The van der Waals surface area contributed by atoms with E-state index in [4.69, 9.17) is 9.47 Å². The van der Waals surface area contributed by atoms with Crippen molar-refractivity contribution in [1.29, 1.82) is 0 Å². The number of hydrogen-bond donors (Lipinski definition) is 3. The Labute approximate surface area is 170 Å². The number of methoxy groups -OCH3 is 2. The van der Waals surface area contributed by atoms with Crippen LogP contribution in [-0.2, 0) is 6.42 Å². The molecular weight excluding hydrogens is 368 g/mol. The van der Waals surface area contributed by atoms with Crippen LogP contribution in [-0.4, -0.2) is 43.2 Å². The zero-order valence-corrected chi connectivity index (χ0v) is 17.3. The summed E-state index contributed by atoms with van der Waals surface area (Å²) in [6.45, 7) is 5.32. The molecule has 0 saturated carbocycles. The molecule has 1 unspecified atom stereocenters. The lowest BCUT2D eigenvalue weighted by atomic mass is 9.92. The van der Waals surface area contributed by atoms with Crippen LogP contribution in [0.25, 0.3) is 10.9 Å². The Balaban J connectivity index is 1.63. The number of fused-ring (bicyclic) bond motifs is 2. The molecule has 1 aliphatic rings. The second-order valence-corrected chi connectivity index (χ2v) is 7.74. The number of hydrogen-bond acceptors (Lipinski definition) is 4. The number of aromatic amines is 1. The van der Waals surface area contributed by atoms with Crippen molar-refractivity contribution >= 4 is 16.7 Å². The molecule has 29 heavy (non-hydrogen) atoms. The highest BCUT2D eigenvalue weighted by Crippen LogP contribution is 2.33. The van der Waals surface area contributed by atoms with Crippen molar-refractivity contribution in [3.05, 3.63) is 52.7 Å². The van der Waals surface area contributed by atoms with E-state index >= 15 is 0 Å². The van der Waals surface area contributed by atoms with Crippen molar-refractivity contribution in [3.8, 4) is 17.2 Å². The first-order valence-electron chi connectivity index (χ1n) is 9.86. The van der Waals surface area contributed by atoms with Crippen LogP contribution < -0.4 is 14.4 Å². The van der Waals surface area contributed by atoms with Crippen LogP contribution in [0.15, 0.2) is 30.3 Å². The van der Waals surface area contributed by atoms with Crippen LogP contribution in [0, 0.1) is 6.92 Å². The van der Waals surface area contributed by atoms with Crippen LogP contribution in [0.1, 0.15) is 40.1 Å². The summed E-state index contributed by atoms with van der Waals surface area (Å²) in [5.41, 5.74) is 4.83. The molecule has 2 aromatic carbocycles. The largest absolute Gasteiger partial charge is 0.504 e. The van der Waals surface area contributed by atoms with Crippen LogP contribution in [0.2, 0.25) is 0 Å². The summed E-state index contributed by atoms with van der Waals surface area (Å²) in [6, 6.07) is 9.59. The van der Waals surface area contributed by atoms with E-state index < -0.39 is 0 Å². The highest BCUT2D eigenvalue weighted by Gasteiger charge is 2.31. The lowest BCUT2D eigenvalue weighted by molar-refractivity contribution is -0.923. The van der Waals surface area contributed by atoms with Crippen LogP contribution in [0.4, 0.5) is 0 Å². The number of carbonyl (C=O) groups is 1. The van der Waals surface area contributed by atoms with E-state index in [1.807, 2.05) is 31.2 Å². The van der Waals surface area contributed by atoms with Gasteiger partial charge in [0.15, 0.2) is 11.5 Å². The fraction of sp³-hybridized carbons (Fsp3) is 0.348. The second kappa shape index (κ2) is 7.44. The predicted molar refractivity (Wildman–Crippen MR) is 111 cm³/mol. The average molecular weight is 395 g/mol. The molecule has 1 aromatic heterocycles. The fourth-order valence-electron chi connectivity index (χ4n) is 4.47. The minimum absolute atomic E-state index is 0.123. The van der Waals surface area contributed by atoms with Gasteiger partial charge in [-0.05, 0) is 49.7 Å². The van der Waals surface area contributed by atoms with Gasteiger partial charge in [-0.1, -0.05) is 0 Å². The van der Waals surface area contributed by atoms with Crippen molar-refractivity contribution in [1.82, 2.24) is 4.98 Å². The van der Waals surface area contributed by atoms with E-state index in [1.54, 1.807) is 20.3 Å². The van der Waals surface area contributed by atoms with Gasteiger partial charge in [-0.25, -0.2) is 0 Å². The number of H-pyrrole nitrogens is 1. The Hall–Kier alpha value is -2.99. The molecule has 3 N–H and O–H groups in total. The van der Waals surface area contributed by atoms with Gasteiger partial charge in [-0.2, -0.15) is 0 Å². The number of rotatable bonds is 5. The first-order chi connectivity index (χ1) is 13.9. The number of benzene rings is 2. The number of aryl methyl sites for hydroxylation is 1. The third-order valence-corrected chi connectivity index (χ3v) is 6.09. The summed E-state index contributed by atoms with van der Waals surface area (Å²) in [5.74, 6) is 1.51. The van der Waals surface area contributed by atoms with Crippen LogP contribution in [0.5, 0.6) is 17.2 Å². The molecule has 6 heteroatoms. The SMILES string of the molecule is COc1ccc2[nH]c(C)c(C(=O)C[NH+]3CCc4cc(O)c(OC)cc4[C@@H]3C)c2c1. The van der Waals surface area contributed by atoms with Gasteiger partial charge < -0.3 is 24.5 Å². The Bertz CT molecular complexity index is 1090. The number of aromatic hydroxyl groups is 1. The monoisotopic (exact) mass is 395 g/mol. The molecule has 0 saturated heterocycles. The van der Waals surface area contributed by atoms with Gasteiger partial charge in [0, 0.05) is 28.6 Å². The Morgan fingerprint density at radius 2 is 2.03 bits per heavy atom. The summed E-state index contributed by atoms with van der Waals surface area (Å²) in [4.78, 5) is 17.8. The van der Waals surface area contributed by atoms with Crippen LogP contribution in [0.3, 0.4) is 0 Å². The van der Waals surface area contributed by atoms with Crippen molar-refractivity contribution < 1.29 is 24.3 Å². The van der Waals surface area contributed by atoms with Gasteiger partial charge >= 0.3 is 0 Å². The normalized spacial score (nSPS) is 18.5. The van der Waals surface area contributed by atoms with Crippen molar-refractivity contribution in [2.75, 3.05) is 27.3 Å². The quantitative estimate of drug-likeness (QED) is 0.581. The highest BCUT2D eigenvalue weighted by molar-refractivity contribution is 6.10. The Kier molecular flexibility index (Phi) is 4.96. The van der Waals surface area contributed by atoms with Gasteiger partial charge in [0.1, 0.15) is 18.3 Å². The van der Waals surface area contributed by atoms with Crippen LogP contribution >= 0.6 is 0 Å². The van der Waals surface area contributed by atoms with Gasteiger partial charge in [0.25, 0.3) is 0 Å². The summed E-state index contributed by atoms with van der Waals surface area (Å²) >= 11 is 0. The number of ketones is 1. The molecule has 0 fully saturated rings. The molecule has 152 valence electrons. The number of Topliss-reactive ketones (excluding diaryl/α,β-unsaturated/α-hetero) is 1. The molecule has 3 aromatic rings. The summed E-state index contributed by atoms with van der Waals surface area (Å²) in [5, 5.41) is 11.0. The van der Waals surface area contributed by atoms with E-state index in [2.05, 4.69) is 11.9 Å². The standard InChI is InChI=1S/C23H26N2O4/c1-13-23(18-10-16(28-3)5-6-19(18)24-13)21(27)12-25-8-7-15-9-20(26)22(29-4)11-17(15)14(25)2/h5-6,9-11,14,24,26H,7-8,12H2,1-4H3/p+1/t14-/m0/s1. The average Bonchev–Trinajstić information content (AvgIpc) is 3.04. The second-order valence-electron chi connectivity index (χ2n) is 7.74. The van der Waals surface area contributed by atoms with E-state index in [9.17, 15) is 9.90 Å². The molecule has 1 aliphatic heterocycles. The zero-order valence-electron chi connectivity index (χ0n) is 17.3. The summed E-state index contributed by atoms with van der Waals surface area (Å²) < 4.78 is 10.6. The van der Waals surface area contributed by atoms with Crippen molar-refractivity contribution in [2.45, 2.75) is 26.3 Å². The maximum absolute atomic E-state index is 13.3. The topological polar surface area (TPSA) is 76.0 Å². The highest BCUT2D eigenvalue weighted by atomic mass is 16.5. The third kappa shape index (κ3) is 3.34. The number of nitrogens with one attached hydrogen (secondary N) is 2. The van der Waals surface area contributed by atoms with Gasteiger partial charge in [0.05, 0.1) is 26.3 Å². The maximum atomic E-state index is 13.3. The summed E-state index contributed by atoms with van der Waals surface area (Å²) in [6.07, 6.45) is 0.820. The third-order valence-electron chi connectivity index (χ3n) is 6.09. The number of phenolic OH excluding ortho intramolecular Hbond substituents is 1. The molecule has 0 spiro atoms. The number of carbonyl (C=O) groups excluding carboxylic acids is 1. The molecule has 2 atom stereocenters. The molecule has 0 bridgehead atoms. The number of ether oxygens (including phenoxy) is 2. The van der Waals surface area contributed by atoms with Crippen molar-refractivity contribution in [3.63, 3.8) is 0 Å². The van der Waals surface area contributed by atoms with E-state index in [0.29, 0.717) is 12.3 Å². The number of aromatic nitrogens is 1. The van der Waals surface area contributed by atoms with Gasteiger partial charge in [-0.3, -0.25) is 4.79 Å². The minimum atomic E-state index is 0.123. The van der Waals surface area contributed by atoms with E-state index in [0.717, 1.165) is 52.0 Å². The van der Waals surface area contributed by atoms with Gasteiger partial charge in [0.2, 0.25) is 5.78 Å². The molecule has 0 aliphatic carbocycles. The molecule has 6 nitrogen and oxygen atoms in total. The Morgan fingerprint density at radius 1 is 1.24 bits per heavy atom. The first-order valence-corrected chi connectivity index (χ1v) is 9.86. The molecule has 2 heterocycles. The number of phenols is 1. The van der Waals surface area contributed by atoms with E-state index in [-0.39, 0.29) is 17.6 Å². The van der Waals surface area contributed by atoms with Crippen molar-refractivity contribution in [2.24, 2.45) is 0 Å². The zero-order chi connectivity index (χ0) is 20.7. The minimum Gasteiger partial charge on any atom is -0.504 e. The Morgan fingerprint density at radius 3 is 2.76 bits per heavy atom. The fourth-order valence-corrected chi connectivity index (χ4v) is 4.47. The maximum Gasteiger partial charge on any atom is 0.219 e. The molecule has 0 radical (unpaired) electrons. The lowest BCUT2D eigenvalue weighted by Crippen LogP contribution is -3.13. The predicted octanol–water partition coefficient (Wildman–Crippen LogP) is 2.58. The first kappa shape index (κ1) is 19.3. The number of quaternary nitrogens is 1. The molecular formula is C23H27N2O4+. The lowest BCUT2D eigenvalue weighted by Gasteiger charge is -2.32.